The SMILES string of the molecule is CC(C)(C)OC(=O)N[C@@H](CC1(F)CCCC1)C(=O)NC1(C(O)C(=O)Nc2ccn(C(=O)OCC3c4ccccc4-c4ccccc43)n2)CCC1. The summed E-state index contributed by atoms with van der Waals surface area (Å²) in [5.41, 5.74) is 0.513. The van der Waals surface area contributed by atoms with Gasteiger partial charge in [0.2, 0.25) is 5.91 Å². The molecule has 2 saturated carbocycles. The maximum absolute atomic E-state index is 15.5. The Bertz CT molecular complexity index is 1710. The van der Waals surface area contributed by atoms with Gasteiger partial charge < -0.3 is 30.5 Å². The third kappa shape index (κ3) is 7.52. The van der Waals surface area contributed by atoms with E-state index >= 15 is 4.39 Å². The lowest BCUT2D eigenvalue weighted by Gasteiger charge is -2.45. The highest BCUT2D eigenvalue weighted by molar-refractivity contribution is 5.95. The summed E-state index contributed by atoms with van der Waals surface area (Å²) >= 11 is 0. The third-order valence-corrected chi connectivity index (χ3v) is 9.83. The molecule has 6 rings (SSSR count). The number of rotatable bonds is 10. The van der Waals surface area contributed by atoms with E-state index in [-0.39, 0.29) is 50.4 Å². The van der Waals surface area contributed by atoms with Crippen LogP contribution in [0.3, 0.4) is 0 Å². The van der Waals surface area contributed by atoms with Crippen molar-refractivity contribution in [1.82, 2.24) is 20.4 Å². The standard InChI is InChI=1S/C37H44FN5O7/c1-35(2,3)50-33(47)39-28(21-36(38)16-8-9-17-36)31(45)41-37(18-10-19-37)30(44)32(46)40-29-15-20-43(42-29)34(48)49-22-27-25-13-6-4-11-23(25)24-12-5-7-14-26(24)27/h4-7,11-15,20,27-28,30,44H,8-10,16-19,21-22H2,1-3H3,(H,39,47)(H,41,45)(H,40,42,46)/t28-,30?/m0/s1. The quantitative estimate of drug-likeness (QED) is 0.215. The number of carbonyl (C=O) groups is 4. The number of alkyl halides is 1. The normalized spacial score (nSPS) is 18.5. The largest absolute Gasteiger partial charge is 0.447 e. The van der Waals surface area contributed by atoms with Crippen LogP contribution in [0.1, 0.15) is 89.2 Å². The lowest BCUT2D eigenvalue weighted by Crippen LogP contribution is -2.67. The highest BCUT2D eigenvalue weighted by Crippen LogP contribution is 2.44. The van der Waals surface area contributed by atoms with Gasteiger partial charge in [-0.2, -0.15) is 4.68 Å². The number of ether oxygens (including phenoxy) is 2. The number of amides is 3. The molecule has 3 aromatic rings. The van der Waals surface area contributed by atoms with Crippen molar-refractivity contribution in [2.75, 3.05) is 11.9 Å². The predicted molar refractivity (Wildman–Crippen MR) is 182 cm³/mol. The van der Waals surface area contributed by atoms with E-state index in [2.05, 4.69) is 21.0 Å². The first-order valence-electron chi connectivity index (χ1n) is 17.2. The molecule has 0 aliphatic heterocycles. The minimum absolute atomic E-state index is 0.00608. The second kappa shape index (κ2) is 13.9. The van der Waals surface area contributed by atoms with Crippen molar-refractivity contribution < 1.29 is 38.1 Å². The van der Waals surface area contributed by atoms with Gasteiger partial charge in [-0.3, -0.25) is 9.59 Å². The molecule has 13 heteroatoms. The molecule has 2 aromatic carbocycles. The molecule has 1 heterocycles. The number of carbonyl (C=O) groups excluding carboxylic acids is 4. The number of benzene rings is 2. The number of halogens is 1. The number of nitrogens with zero attached hydrogens (tertiary/aromatic N) is 2. The molecular weight excluding hydrogens is 645 g/mol. The van der Waals surface area contributed by atoms with Crippen LogP contribution >= 0.6 is 0 Å². The number of aliphatic hydroxyl groups is 1. The van der Waals surface area contributed by atoms with Crippen LogP contribution in [0.15, 0.2) is 60.8 Å². The summed E-state index contributed by atoms with van der Waals surface area (Å²) in [6.45, 7) is 5.11. The van der Waals surface area contributed by atoms with E-state index in [0.717, 1.165) is 26.9 Å². The summed E-state index contributed by atoms with van der Waals surface area (Å²) in [6.07, 6.45) is 0.841. The molecule has 1 aromatic heterocycles. The van der Waals surface area contributed by atoms with Crippen LogP contribution in [0.2, 0.25) is 0 Å². The van der Waals surface area contributed by atoms with Crippen LogP contribution in [0.25, 0.3) is 11.1 Å². The molecule has 0 radical (unpaired) electrons. The number of hydrogen-bond acceptors (Lipinski definition) is 8. The highest BCUT2D eigenvalue weighted by Gasteiger charge is 2.50. The van der Waals surface area contributed by atoms with Crippen LogP contribution in [0, 0.1) is 0 Å². The van der Waals surface area contributed by atoms with Gasteiger partial charge in [-0.25, -0.2) is 14.0 Å². The van der Waals surface area contributed by atoms with Gasteiger partial charge >= 0.3 is 12.2 Å². The molecular formula is C37H44FN5O7. The molecule has 4 N–H and O–H groups in total. The number of fused-ring (bicyclic) bond motifs is 3. The first kappa shape index (κ1) is 35.1. The Morgan fingerprint density at radius 3 is 2.14 bits per heavy atom. The highest BCUT2D eigenvalue weighted by atomic mass is 19.1. The molecule has 3 amide bonds. The van der Waals surface area contributed by atoms with E-state index in [4.69, 9.17) is 9.47 Å². The van der Waals surface area contributed by atoms with Crippen molar-refractivity contribution in [3.8, 4) is 11.1 Å². The van der Waals surface area contributed by atoms with Crippen molar-refractivity contribution >= 4 is 29.8 Å². The summed E-state index contributed by atoms with van der Waals surface area (Å²) in [5.74, 6) is -1.71. The number of hydrogen-bond donors (Lipinski definition) is 4. The molecule has 12 nitrogen and oxygen atoms in total. The van der Waals surface area contributed by atoms with Crippen molar-refractivity contribution in [3.63, 3.8) is 0 Å². The minimum Gasteiger partial charge on any atom is -0.447 e. The van der Waals surface area contributed by atoms with Gasteiger partial charge in [0.05, 0.1) is 5.54 Å². The van der Waals surface area contributed by atoms with Crippen molar-refractivity contribution in [2.45, 2.75) is 107 Å². The first-order valence-corrected chi connectivity index (χ1v) is 17.2. The zero-order valence-corrected chi connectivity index (χ0v) is 28.5. The smallest absolute Gasteiger partial charge is 0.434 e. The van der Waals surface area contributed by atoms with E-state index in [9.17, 15) is 24.3 Å². The molecule has 50 heavy (non-hydrogen) atoms. The number of alkyl carbamates (subject to hydrolysis) is 1. The summed E-state index contributed by atoms with van der Waals surface area (Å²) in [4.78, 5) is 52.4. The summed E-state index contributed by atoms with van der Waals surface area (Å²) in [7, 11) is 0. The lowest BCUT2D eigenvalue weighted by atomic mass is 9.72. The fraction of sp³-hybridized carbons (Fsp3) is 0.486. The summed E-state index contributed by atoms with van der Waals surface area (Å²) in [6, 6.07) is 16.1. The maximum Gasteiger partial charge on any atom is 0.434 e. The van der Waals surface area contributed by atoms with Crippen LogP contribution in [0.4, 0.5) is 19.8 Å². The average molecular weight is 690 g/mol. The van der Waals surface area contributed by atoms with E-state index in [1.807, 2.05) is 48.5 Å². The van der Waals surface area contributed by atoms with Gasteiger partial charge in [-0.1, -0.05) is 61.4 Å². The topological polar surface area (TPSA) is 161 Å². The number of aromatic nitrogens is 2. The van der Waals surface area contributed by atoms with E-state index < -0.39 is 53.0 Å². The van der Waals surface area contributed by atoms with Crippen LogP contribution in [-0.2, 0) is 19.1 Å². The molecule has 0 spiro atoms. The van der Waals surface area contributed by atoms with Crippen LogP contribution in [0.5, 0.6) is 0 Å². The third-order valence-electron chi connectivity index (χ3n) is 9.83. The fourth-order valence-electron chi connectivity index (χ4n) is 7.19. The predicted octanol–water partition coefficient (Wildman–Crippen LogP) is 5.58. The maximum atomic E-state index is 15.5. The number of nitrogens with one attached hydrogen (secondary N) is 3. The number of anilines is 1. The second-order valence-corrected chi connectivity index (χ2v) is 14.6. The molecule has 1 unspecified atom stereocenters. The number of aliphatic hydroxyl groups excluding tert-OH is 1. The molecule has 266 valence electrons. The van der Waals surface area contributed by atoms with Gasteiger partial charge in [-0.05, 0) is 75.1 Å². The Kier molecular flexibility index (Phi) is 9.71. The fourth-order valence-corrected chi connectivity index (χ4v) is 7.19. The second-order valence-electron chi connectivity index (χ2n) is 14.6. The van der Waals surface area contributed by atoms with Gasteiger partial charge in [0, 0.05) is 24.6 Å². The Morgan fingerprint density at radius 2 is 1.56 bits per heavy atom. The molecule has 2 fully saturated rings. The lowest BCUT2D eigenvalue weighted by molar-refractivity contribution is -0.137. The van der Waals surface area contributed by atoms with Gasteiger partial charge in [-0.15, -0.1) is 5.10 Å². The molecule has 2 atom stereocenters. The van der Waals surface area contributed by atoms with Crippen LogP contribution < -0.4 is 16.0 Å². The first-order chi connectivity index (χ1) is 23.8. The Hall–Kier alpha value is -4.78. The Labute approximate surface area is 290 Å². The summed E-state index contributed by atoms with van der Waals surface area (Å²) < 4.78 is 27.5. The van der Waals surface area contributed by atoms with E-state index in [1.165, 1.54) is 12.3 Å². The van der Waals surface area contributed by atoms with E-state index in [1.54, 1.807) is 20.8 Å². The van der Waals surface area contributed by atoms with E-state index in [0.29, 0.717) is 19.3 Å². The molecule has 3 aliphatic carbocycles. The van der Waals surface area contributed by atoms with Gasteiger partial charge in [0.1, 0.15) is 23.9 Å². The minimum atomic E-state index is -1.70. The van der Waals surface area contributed by atoms with Gasteiger partial charge in [0.25, 0.3) is 5.91 Å². The summed E-state index contributed by atoms with van der Waals surface area (Å²) in [5, 5.41) is 23.1. The Balaban J connectivity index is 1.07. The Morgan fingerprint density at radius 1 is 0.940 bits per heavy atom. The monoisotopic (exact) mass is 689 g/mol. The van der Waals surface area contributed by atoms with Crippen molar-refractivity contribution in [1.29, 1.82) is 0 Å². The van der Waals surface area contributed by atoms with Crippen LogP contribution in [-0.4, -0.2) is 74.4 Å². The molecule has 0 saturated heterocycles. The zero-order valence-electron chi connectivity index (χ0n) is 28.5. The van der Waals surface area contributed by atoms with Crippen molar-refractivity contribution in [3.05, 3.63) is 71.9 Å². The molecule has 3 aliphatic rings. The average Bonchev–Trinajstić information content (AvgIpc) is 3.78. The molecule has 0 bridgehead atoms. The van der Waals surface area contributed by atoms with Gasteiger partial charge in [0.15, 0.2) is 11.9 Å². The van der Waals surface area contributed by atoms with Crippen molar-refractivity contribution in [2.24, 2.45) is 0 Å². The zero-order chi connectivity index (χ0) is 35.7.